The summed E-state index contributed by atoms with van der Waals surface area (Å²) < 4.78 is 27.2. The van der Waals surface area contributed by atoms with Crippen LogP contribution in [0.4, 0.5) is 5.69 Å². The van der Waals surface area contributed by atoms with Crippen LogP contribution in [0.3, 0.4) is 0 Å². The summed E-state index contributed by atoms with van der Waals surface area (Å²) in [4.78, 5) is 4.69. The van der Waals surface area contributed by atoms with Gasteiger partial charge in [-0.15, -0.1) is 0 Å². The van der Waals surface area contributed by atoms with Crippen LogP contribution in [0.1, 0.15) is 11.1 Å². The van der Waals surface area contributed by atoms with Crippen molar-refractivity contribution >= 4 is 15.7 Å². The molecule has 0 spiro atoms. The van der Waals surface area contributed by atoms with Crippen LogP contribution in [-0.2, 0) is 15.8 Å². The van der Waals surface area contributed by atoms with Crippen molar-refractivity contribution in [2.45, 2.75) is 12.7 Å². The highest BCUT2D eigenvalue weighted by Gasteiger charge is 2.18. The van der Waals surface area contributed by atoms with Gasteiger partial charge in [0.05, 0.1) is 5.75 Å². The Kier molecular flexibility index (Phi) is 6.29. The van der Waals surface area contributed by atoms with Crippen molar-refractivity contribution in [3.63, 3.8) is 0 Å². The SMILES string of the molecule is Cc1ccc(CS(=O)(=O)NCCN2CCN(c3ccccc3)CC2)cc1. The number of nitrogens with one attached hydrogen (secondary N) is 1. The Morgan fingerprint density at radius 3 is 2.23 bits per heavy atom. The zero-order valence-electron chi connectivity index (χ0n) is 15.3. The Morgan fingerprint density at radius 2 is 1.58 bits per heavy atom. The lowest BCUT2D eigenvalue weighted by molar-refractivity contribution is 0.262. The number of nitrogens with zero attached hydrogens (tertiary/aromatic N) is 2. The van der Waals surface area contributed by atoms with Gasteiger partial charge in [-0.25, -0.2) is 13.1 Å². The Bertz CT molecular complexity index is 784. The summed E-state index contributed by atoms with van der Waals surface area (Å²) in [5, 5.41) is 0. The molecular weight excluding hydrogens is 346 g/mol. The normalized spacial score (nSPS) is 16.0. The van der Waals surface area contributed by atoms with E-state index in [0.29, 0.717) is 6.54 Å². The van der Waals surface area contributed by atoms with E-state index in [2.05, 4.69) is 38.8 Å². The first-order valence-electron chi connectivity index (χ1n) is 9.07. The van der Waals surface area contributed by atoms with E-state index in [0.717, 1.165) is 43.9 Å². The van der Waals surface area contributed by atoms with Crippen molar-refractivity contribution in [1.29, 1.82) is 0 Å². The molecule has 1 N–H and O–H groups in total. The van der Waals surface area contributed by atoms with E-state index in [1.165, 1.54) is 5.69 Å². The smallest absolute Gasteiger partial charge is 0.215 e. The molecule has 1 saturated heterocycles. The molecule has 1 fully saturated rings. The summed E-state index contributed by atoms with van der Waals surface area (Å²) in [7, 11) is -3.29. The molecule has 140 valence electrons. The van der Waals surface area contributed by atoms with Crippen LogP contribution in [0.15, 0.2) is 54.6 Å². The summed E-state index contributed by atoms with van der Waals surface area (Å²) >= 11 is 0. The van der Waals surface area contributed by atoms with E-state index in [9.17, 15) is 8.42 Å². The van der Waals surface area contributed by atoms with E-state index in [1.54, 1.807) is 0 Å². The monoisotopic (exact) mass is 373 g/mol. The van der Waals surface area contributed by atoms with Gasteiger partial charge in [-0.2, -0.15) is 0 Å². The maximum Gasteiger partial charge on any atom is 0.215 e. The third kappa shape index (κ3) is 5.56. The van der Waals surface area contributed by atoms with Gasteiger partial charge in [-0.3, -0.25) is 4.90 Å². The molecule has 0 radical (unpaired) electrons. The number of rotatable bonds is 7. The van der Waals surface area contributed by atoms with Gasteiger partial charge < -0.3 is 4.90 Å². The standard InChI is InChI=1S/C20H27N3O2S/c1-18-7-9-19(10-8-18)17-26(24,25)21-11-12-22-13-15-23(16-14-22)20-5-3-2-4-6-20/h2-10,21H,11-17H2,1H3. The van der Waals surface area contributed by atoms with Gasteiger partial charge in [-0.05, 0) is 24.6 Å². The van der Waals surface area contributed by atoms with Gasteiger partial charge in [0, 0.05) is 45.0 Å². The molecule has 26 heavy (non-hydrogen) atoms. The van der Waals surface area contributed by atoms with Gasteiger partial charge in [0.15, 0.2) is 0 Å². The topological polar surface area (TPSA) is 52.7 Å². The predicted octanol–water partition coefficient (Wildman–Crippen LogP) is 2.24. The first kappa shape index (κ1) is 18.9. The second-order valence-electron chi connectivity index (χ2n) is 6.80. The maximum atomic E-state index is 12.2. The molecule has 0 atom stereocenters. The van der Waals surface area contributed by atoms with Gasteiger partial charge >= 0.3 is 0 Å². The molecular formula is C20H27N3O2S. The van der Waals surface area contributed by atoms with Crippen LogP contribution in [0.5, 0.6) is 0 Å². The summed E-state index contributed by atoms with van der Waals surface area (Å²) in [6.07, 6.45) is 0. The molecule has 0 aliphatic carbocycles. The molecule has 1 aliphatic rings. The van der Waals surface area contributed by atoms with Crippen molar-refractivity contribution in [3.8, 4) is 0 Å². The van der Waals surface area contributed by atoms with Gasteiger partial charge in [0.1, 0.15) is 0 Å². The van der Waals surface area contributed by atoms with Crippen LogP contribution in [0.2, 0.25) is 0 Å². The summed E-state index contributed by atoms with van der Waals surface area (Å²) in [6.45, 7) is 7.05. The number of benzene rings is 2. The molecule has 0 bridgehead atoms. The molecule has 6 heteroatoms. The largest absolute Gasteiger partial charge is 0.369 e. The lowest BCUT2D eigenvalue weighted by Crippen LogP contribution is -2.48. The average Bonchev–Trinajstić information content (AvgIpc) is 2.65. The third-order valence-corrected chi connectivity index (χ3v) is 6.08. The molecule has 5 nitrogen and oxygen atoms in total. The fourth-order valence-corrected chi connectivity index (χ4v) is 4.32. The lowest BCUT2D eigenvalue weighted by Gasteiger charge is -2.36. The van der Waals surface area contributed by atoms with E-state index in [-0.39, 0.29) is 5.75 Å². The maximum absolute atomic E-state index is 12.2. The Balaban J connectivity index is 1.40. The minimum atomic E-state index is -3.29. The summed E-state index contributed by atoms with van der Waals surface area (Å²) in [6, 6.07) is 18.0. The zero-order valence-corrected chi connectivity index (χ0v) is 16.1. The van der Waals surface area contributed by atoms with E-state index in [4.69, 9.17) is 0 Å². The molecule has 0 amide bonds. The number of hydrogen-bond acceptors (Lipinski definition) is 4. The number of sulfonamides is 1. The molecule has 0 unspecified atom stereocenters. The third-order valence-electron chi connectivity index (χ3n) is 4.72. The lowest BCUT2D eigenvalue weighted by atomic mass is 10.2. The highest BCUT2D eigenvalue weighted by Crippen LogP contribution is 2.15. The van der Waals surface area contributed by atoms with Crippen LogP contribution < -0.4 is 9.62 Å². The van der Waals surface area contributed by atoms with Gasteiger partial charge in [-0.1, -0.05) is 48.0 Å². The van der Waals surface area contributed by atoms with Crippen LogP contribution in [0.25, 0.3) is 0 Å². The van der Waals surface area contributed by atoms with Crippen LogP contribution in [-0.4, -0.2) is 52.6 Å². The van der Waals surface area contributed by atoms with E-state index in [1.807, 2.05) is 37.3 Å². The molecule has 2 aromatic rings. The highest BCUT2D eigenvalue weighted by atomic mass is 32.2. The minimum Gasteiger partial charge on any atom is -0.369 e. The molecule has 1 heterocycles. The molecule has 0 saturated carbocycles. The number of anilines is 1. The van der Waals surface area contributed by atoms with Gasteiger partial charge in [0.2, 0.25) is 10.0 Å². The van der Waals surface area contributed by atoms with Crippen molar-refractivity contribution in [3.05, 3.63) is 65.7 Å². The number of aryl methyl sites for hydroxylation is 1. The van der Waals surface area contributed by atoms with Crippen molar-refractivity contribution in [1.82, 2.24) is 9.62 Å². The van der Waals surface area contributed by atoms with Crippen LogP contribution >= 0.6 is 0 Å². The molecule has 2 aromatic carbocycles. The Hall–Kier alpha value is -1.89. The molecule has 3 rings (SSSR count). The minimum absolute atomic E-state index is 0.0368. The zero-order chi connectivity index (χ0) is 18.4. The van der Waals surface area contributed by atoms with E-state index >= 15 is 0 Å². The quantitative estimate of drug-likeness (QED) is 0.809. The first-order chi connectivity index (χ1) is 12.5. The van der Waals surface area contributed by atoms with Crippen molar-refractivity contribution in [2.75, 3.05) is 44.2 Å². The number of para-hydroxylation sites is 1. The van der Waals surface area contributed by atoms with Crippen molar-refractivity contribution in [2.24, 2.45) is 0 Å². The fraction of sp³-hybridized carbons (Fsp3) is 0.400. The Labute approximate surface area is 156 Å². The second kappa shape index (κ2) is 8.66. The predicted molar refractivity (Wildman–Crippen MR) is 107 cm³/mol. The van der Waals surface area contributed by atoms with E-state index < -0.39 is 10.0 Å². The number of piperazine rings is 1. The molecule has 0 aromatic heterocycles. The van der Waals surface area contributed by atoms with Crippen LogP contribution in [0, 0.1) is 6.92 Å². The summed E-state index contributed by atoms with van der Waals surface area (Å²) in [5.41, 5.74) is 3.21. The first-order valence-corrected chi connectivity index (χ1v) is 10.7. The van der Waals surface area contributed by atoms with Gasteiger partial charge in [0.25, 0.3) is 0 Å². The van der Waals surface area contributed by atoms with Crippen molar-refractivity contribution < 1.29 is 8.42 Å². The fourth-order valence-electron chi connectivity index (χ4n) is 3.18. The summed E-state index contributed by atoms with van der Waals surface area (Å²) in [5.74, 6) is 0.0368. The Morgan fingerprint density at radius 1 is 0.923 bits per heavy atom. The molecule has 1 aliphatic heterocycles. The second-order valence-corrected chi connectivity index (χ2v) is 8.61. The average molecular weight is 374 g/mol. The number of hydrogen-bond donors (Lipinski definition) is 1. The highest BCUT2D eigenvalue weighted by molar-refractivity contribution is 7.88.